The summed E-state index contributed by atoms with van der Waals surface area (Å²) in [7, 11) is 0. The van der Waals surface area contributed by atoms with Crippen LogP contribution in [0.25, 0.3) is 11.5 Å². The second-order valence-corrected chi connectivity index (χ2v) is 6.59. The van der Waals surface area contributed by atoms with Crippen LogP contribution in [0.15, 0.2) is 58.4 Å². The fourth-order valence-corrected chi connectivity index (χ4v) is 2.66. The topological polar surface area (TPSA) is 80.9 Å². The maximum absolute atomic E-state index is 12.2. The number of carbonyl (C=O) groups is 1. The highest BCUT2D eigenvalue weighted by molar-refractivity contribution is 8.00. The van der Waals surface area contributed by atoms with Crippen molar-refractivity contribution in [2.45, 2.75) is 17.4 Å². The van der Waals surface area contributed by atoms with Crippen LogP contribution in [0.1, 0.15) is 6.92 Å². The van der Waals surface area contributed by atoms with Crippen molar-refractivity contribution in [2.24, 2.45) is 0 Å². The van der Waals surface area contributed by atoms with Crippen LogP contribution in [0.3, 0.4) is 0 Å². The number of rotatable bonds is 5. The zero-order valence-corrected chi connectivity index (χ0v) is 14.2. The molecule has 2 aromatic heterocycles. The number of anilines is 1. The van der Waals surface area contributed by atoms with Crippen molar-refractivity contribution < 1.29 is 9.21 Å². The summed E-state index contributed by atoms with van der Waals surface area (Å²) in [6.07, 6.45) is 3.29. The van der Waals surface area contributed by atoms with Crippen LogP contribution in [0.5, 0.6) is 0 Å². The number of amides is 1. The molecule has 0 saturated heterocycles. The minimum atomic E-state index is -0.397. The molecule has 8 heteroatoms. The first kappa shape index (κ1) is 16.5. The highest BCUT2D eigenvalue weighted by Crippen LogP contribution is 2.26. The van der Waals surface area contributed by atoms with Gasteiger partial charge in [-0.1, -0.05) is 23.4 Å². The van der Waals surface area contributed by atoms with Crippen LogP contribution in [0.2, 0.25) is 5.02 Å². The average molecular weight is 361 g/mol. The van der Waals surface area contributed by atoms with Gasteiger partial charge in [0.2, 0.25) is 11.8 Å². The van der Waals surface area contributed by atoms with Crippen LogP contribution in [0, 0.1) is 0 Å². The lowest BCUT2D eigenvalue weighted by Gasteiger charge is -2.09. The maximum atomic E-state index is 12.2. The van der Waals surface area contributed by atoms with E-state index in [1.807, 2.05) is 0 Å². The second-order valence-electron chi connectivity index (χ2n) is 4.87. The highest BCUT2D eigenvalue weighted by atomic mass is 35.5. The number of benzene rings is 1. The number of nitrogens with one attached hydrogen (secondary N) is 1. The summed E-state index contributed by atoms with van der Waals surface area (Å²) in [4.78, 5) is 16.2. The lowest BCUT2D eigenvalue weighted by Crippen LogP contribution is -2.22. The number of halogens is 1. The number of thioether (sulfide) groups is 1. The Bertz CT molecular complexity index is 824. The lowest BCUT2D eigenvalue weighted by molar-refractivity contribution is -0.115. The van der Waals surface area contributed by atoms with Crippen molar-refractivity contribution >= 4 is 35.0 Å². The number of pyridine rings is 1. The Balaban J connectivity index is 1.62. The highest BCUT2D eigenvalue weighted by Gasteiger charge is 2.19. The molecule has 1 amide bonds. The number of nitrogens with zero attached hydrogens (tertiary/aromatic N) is 3. The molecule has 0 saturated carbocycles. The van der Waals surface area contributed by atoms with Gasteiger partial charge in [0.25, 0.3) is 5.22 Å². The summed E-state index contributed by atoms with van der Waals surface area (Å²) < 4.78 is 5.57. The molecule has 0 spiro atoms. The zero-order chi connectivity index (χ0) is 16.9. The molecular weight excluding hydrogens is 348 g/mol. The Labute approximate surface area is 147 Å². The SMILES string of the molecule is C[C@H](Sc1nnc(-c2ccncc2)o1)C(=O)Nc1ccc(Cl)cc1. The van der Waals surface area contributed by atoms with Gasteiger partial charge >= 0.3 is 0 Å². The quantitative estimate of drug-likeness (QED) is 0.695. The fraction of sp³-hybridized carbons (Fsp3) is 0.125. The molecular formula is C16H13ClN4O2S. The van der Waals surface area contributed by atoms with Gasteiger partial charge in [0.15, 0.2) is 0 Å². The third kappa shape index (κ3) is 4.12. The Hall–Kier alpha value is -2.38. The molecule has 3 aromatic rings. The standard InChI is InChI=1S/C16H13ClN4O2S/c1-10(14(22)19-13-4-2-12(17)3-5-13)24-16-21-20-15(23-16)11-6-8-18-9-7-11/h2-10H,1H3,(H,19,22)/t10-/m0/s1. The zero-order valence-electron chi connectivity index (χ0n) is 12.6. The Morgan fingerprint density at radius 3 is 2.58 bits per heavy atom. The van der Waals surface area contributed by atoms with Crippen molar-refractivity contribution in [3.8, 4) is 11.5 Å². The molecule has 1 N–H and O–H groups in total. The number of hydrogen-bond acceptors (Lipinski definition) is 6. The molecule has 1 aromatic carbocycles. The van der Waals surface area contributed by atoms with Gasteiger partial charge in [-0.05, 0) is 43.3 Å². The van der Waals surface area contributed by atoms with Crippen LogP contribution in [-0.4, -0.2) is 26.3 Å². The van der Waals surface area contributed by atoms with Gasteiger partial charge in [0.05, 0.1) is 5.25 Å². The average Bonchev–Trinajstić information content (AvgIpc) is 3.06. The van der Waals surface area contributed by atoms with Gasteiger partial charge < -0.3 is 9.73 Å². The minimum Gasteiger partial charge on any atom is -0.411 e. The normalized spacial score (nSPS) is 11.9. The summed E-state index contributed by atoms with van der Waals surface area (Å²) in [6, 6.07) is 10.5. The van der Waals surface area contributed by atoms with Crippen LogP contribution >= 0.6 is 23.4 Å². The van der Waals surface area contributed by atoms with Gasteiger partial charge in [-0.2, -0.15) is 0 Å². The third-order valence-electron chi connectivity index (χ3n) is 3.09. The molecule has 122 valence electrons. The summed E-state index contributed by atoms with van der Waals surface area (Å²) in [5, 5.41) is 11.3. The lowest BCUT2D eigenvalue weighted by atomic mass is 10.3. The van der Waals surface area contributed by atoms with Crippen LogP contribution < -0.4 is 5.32 Å². The first-order chi connectivity index (χ1) is 11.6. The van der Waals surface area contributed by atoms with Crippen LogP contribution in [0.4, 0.5) is 5.69 Å². The van der Waals surface area contributed by atoms with Crippen LogP contribution in [-0.2, 0) is 4.79 Å². The van der Waals surface area contributed by atoms with E-state index in [1.54, 1.807) is 55.7 Å². The molecule has 0 aliphatic carbocycles. The van der Waals surface area contributed by atoms with Crippen molar-refractivity contribution in [1.82, 2.24) is 15.2 Å². The van der Waals surface area contributed by atoms with E-state index in [2.05, 4.69) is 20.5 Å². The molecule has 3 rings (SSSR count). The van der Waals surface area contributed by atoms with Crippen molar-refractivity contribution in [3.63, 3.8) is 0 Å². The second kappa shape index (κ2) is 7.46. The van der Waals surface area contributed by atoms with Gasteiger partial charge in [0.1, 0.15) is 0 Å². The Morgan fingerprint density at radius 1 is 1.17 bits per heavy atom. The van der Waals surface area contributed by atoms with E-state index in [-0.39, 0.29) is 5.91 Å². The Morgan fingerprint density at radius 2 is 1.88 bits per heavy atom. The smallest absolute Gasteiger partial charge is 0.277 e. The van der Waals surface area contributed by atoms with E-state index >= 15 is 0 Å². The van der Waals surface area contributed by atoms with E-state index in [4.69, 9.17) is 16.0 Å². The molecule has 0 unspecified atom stereocenters. The predicted octanol–water partition coefficient (Wildman–Crippen LogP) is 3.90. The van der Waals surface area contributed by atoms with E-state index in [9.17, 15) is 4.79 Å². The summed E-state index contributed by atoms with van der Waals surface area (Å²) in [6.45, 7) is 1.77. The van der Waals surface area contributed by atoms with Gasteiger partial charge in [0, 0.05) is 28.7 Å². The van der Waals surface area contributed by atoms with E-state index < -0.39 is 5.25 Å². The summed E-state index contributed by atoms with van der Waals surface area (Å²) in [5.41, 5.74) is 1.46. The molecule has 1 atom stereocenters. The van der Waals surface area contributed by atoms with Crippen molar-refractivity contribution in [3.05, 3.63) is 53.8 Å². The fourth-order valence-electron chi connectivity index (χ4n) is 1.85. The molecule has 2 heterocycles. The number of hydrogen-bond donors (Lipinski definition) is 1. The number of carbonyl (C=O) groups excluding carboxylic acids is 1. The Kier molecular flexibility index (Phi) is 5.12. The largest absolute Gasteiger partial charge is 0.411 e. The first-order valence-electron chi connectivity index (χ1n) is 7.09. The van der Waals surface area contributed by atoms with Crippen molar-refractivity contribution in [2.75, 3.05) is 5.32 Å². The molecule has 0 fully saturated rings. The monoisotopic (exact) mass is 360 g/mol. The minimum absolute atomic E-state index is 0.161. The molecule has 0 bridgehead atoms. The predicted molar refractivity (Wildman–Crippen MR) is 92.9 cm³/mol. The van der Waals surface area contributed by atoms with E-state index in [0.29, 0.717) is 21.8 Å². The maximum Gasteiger partial charge on any atom is 0.277 e. The summed E-state index contributed by atoms with van der Waals surface area (Å²) in [5.74, 6) is 0.233. The van der Waals surface area contributed by atoms with Crippen molar-refractivity contribution in [1.29, 1.82) is 0 Å². The summed E-state index contributed by atoms with van der Waals surface area (Å²) >= 11 is 7.02. The molecule has 0 radical (unpaired) electrons. The molecule has 6 nitrogen and oxygen atoms in total. The van der Waals surface area contributed by atoms with Gasteiger partial charge in [-0.15, -0.1) is 10.2 Å². The van der Waals surface area contributed by atoms with Gasteiger partial charge in [-0.3, -0.25) is 9.78 Å². The van der Waals surface area contributed by atoms with Gasteiger partial charge in [-0.25, -0.2) is 0 Å². The molecule has 24 heavy (non-hydrogen) atoms. The van der Waals surface area contributed by atoms with E-state index in [0.717, 1.165) is 5.56 Å². The first-order valence-corrected chi connectivity index (χ1v) is 8.34. The van der Waals surface area contributed by atoms with E-state index in [1.165, 1.54) is 11.8 Å². The molecule has 0 aliphatic rings. The molecule has 0 aliphatic heterocycles. The number of aromatic nitrogens is 3. The third-order valence-corrected chi connectivity index (χ3v) is 4.28.